The minimum Gasteiger partial charge on any atom is -0.426 e. The van der Waals surface area contributed by atoms with E-state index < -0.39 is 0 Å². The van der Waals surface area contributed by atoms with Crippen LogP contribution < -0.4 is 4.74 Å². The Kier molecular flexibility index (Phi) is 13.6. The SMILES string of the molecule is CCCCCCCCCCCCc1ccccc1OC(=O)CCOP. The molecule has 1 atom stereocenters. The van der Waals surface area contributed by atoms with Gasteiger partial charge in [0.15, 0.2) is 0 Å². The Hall–Kier alpha value is -0.920. The van der Waals surface area contributed by atoms with Crippen molar-refractivity contribution in [3.63, 3.8) is 0 Å². The molecule has 0 spiro atoms. The molecule has 0 aliphatic rings. The number of unbranched alkanes of at least 4 members (excludes halogenated alkanes) is 9. The summed E-state index contributed by atoms with van der Waals surface area (Å²) in [5, 5.41) is 0. The van der Waals surface area contributed by atoms with E-state index in [-0.39, 0.29) is 12.4 Å². The Morgan fingerprint density at radius 2 is 1.52 bits per heavy atom. The fourth-order valence-corrected chi connectivity index (χ4v) is 3.05. The molecule has 1 unspecified atom stereocenters. The zero-order valence-electron chi connectivity index (χ0n) is 15.8. The summed E-state index contributed by atoms with van der Waals surface area (Å²) in [4.78, 5) is 11.8. The quantitative estimate of drug-likeness (QED) is 0.159. The molecule has 0 amide bonds. The van der Waals surface area contributed by atoms with Gasteiger partial charge in [0.1, 0.15) is 5.75 Å². The second-order valence-corrected chi connectivity index (χ2v) is 6.97. The van der Waals surface area contributed by atoms with Crippen molar-refractivity contribution in [1.82, 2.24) is 0 Å². The molecule has 0 saturated carbocycles. The summed E-state index contributed by atoms with van der Waals surface area (Å²) >= 11 is 0. The minimum absolute atomic E-state index is 0.238. The van der Waals surface area contributed by atoms with Crippen LogP contribution in [-0.4, -0.2) is 12.6 Å². The summed E-state index contributed by atoms with van der Waals surface area (Å²) in [5.74, 6) is 0.463. The van der Waals surface area contributed by atoms with E-state index in [2.05, 4.69) is 22.5 Å². The van der Waals surface area contributed by atoms with Gasteiger partial charge in [-0.3, -0.25) is 4.79 Å². The third kappa shape index (κ3) is 11.3. The lowest BCUT2D eigenvalue weighted by molar-refractivity contribution is -0.134. The van der Waals surface area contributed by atoms with E-state index in [0.717, 1.165) is 18.4 Å². The number of carbonyl (C=O) groups is 1. The maximum absolute atomic E-state index is 11.8. The van der Waals surface area contributed by atoms with Crippen LogP contribution in [0.2, 0.25) is 0 Å². The molecular formula is C21H35O3P. The monoisotopic (exact) mass is 366 g/mol. The third-order valence-corrected chi connectivity index (χ3v) is 4.66. The second kappa shape index (κ2) is 15.3. The molecule has 0 radical (unpaired) electrons. The highest BCUT2D eigenvalue weighted by atomic mass is 31.0. The smallest absolute Gasteiger partial charge is 0.313 e. The van der Waals surface area contributed by atoms with Gasteiger partial charge in [0.05, 0.1) is 13.0 Å². The van der Waals surface area contributed by atoms with E-state index in [1.807, 2.05) is 18.2 Å². The van der Waals surface area contributed by atoms with Crippen LogP contribution in [0.25, 0.3) is 0 Å². The first-order valence-corrected chi connectivity index (χ1v) is 10.3. The molecule has 0 bridgehead atoms. The maximum atomic E-state index is 11.8. The number of rotatable bonds is 15. The van der Waals surface area contributed by atoms with Crippen molar-refractivity contribution in [2.24, 2.45) is 0 Å². The van der Waals surface area contributed by atoms with Crippen LogP contribution in [-0.2, 0) is 15.7 Å². The van der Waals surface area contributed by atoms with Crippen LogP contribution in [0.4, 0.5) is 0 Å². The first-order valence-electron chi connectivity index (χ1n) is 9.88. The lowest BCUT2D eigenvalue weighted by Gasteiger charge is -2.10. The standard InChI is InChI=1S/C21H35O3P/c1-2-3-4-5-6-7-8-9-10-11-14-19-15-12-13-16-20(19)24-21(22)17-18-23-25/h12-13,15-16H,2-11,14,17-18,25H2,1H3. The summed E-state index contributed by atoms with van der Waals surface area (Å²) in [6, 6.07) is 7.86. The summed E-state index contributed by atoms with van der Waals surface area (Å²) in [6.45, 7) is 2.63. The highest BCUT2D eigenvalue weighted by Crippen LogP contribution is 2.21. The molecule has 25 heavy (non-hydrogen) atoms. The number of ether oxygens (including phenoxy) is 1. The van der Waals surface area contributed by atoms with Crippen LogP contribution in [0.3, 0.4) is 0 Å². The van der Waals surface area contributed by atoms with Crippen LogP contribution in [0.15, 0.2) is 24.3 Å². The van der Waals surface area contributed by atoms with Gasteiger partial charge in [0.2, 0.25) is 0 Å². The van der Waals surface area contributed by atoms with Gasteiger partial charge >= 0.3 is 5.97 Å². The molecule has 1 aromatic carbocycles. The number of hydrogen-bond acceptors (Lipinski definition) is 3. The van der Waals surface area contributed by atoms with Gasteiger partial charge in [-0.15, -0.1) is 0 Å². The summed E-state index contributed by atoms with van der Waals surface area (Å²) in [6.07, 6.45) is 14.6. The Morgan fingerprint density at radius 1 is 0.920 bits per heavy atom. The lowest BCUT2D eigenvalue weighted by Crippen LogP contribution is -2.11. The predicted octanol–water partition coefficient (Wildman–Crippen LogP) is 6.25. The second-order valence-electron chi connectivity index (χ2n) is 6.63. The van der Waals surface area contributed by atoms with Crippen molar-refractivity contribution >= 4 is 15.4 Å². The molecule has 142 valence electrons. The summed E-state index contributed by atoms with van der Waals surface area (Å²) in [7, 11) is 2.15. The van der Waals surface area contributed by atoms with Crippen molar-refractivity contribution < 1.29 is 14.1 Å². The van der Waals surface area contributed by atoms with E-state index >= 15 is 0 Å². The van der Waals surface area contributed by atoms with Gasteiger partial charge in [-0.05, 0) is 24.5 Å². The van der Waals surface area contributed by atoms with Crippen molar-refractivity contribution in [2.45, 2.75) is 84.0 Å². The van der Waals surface area contributed by atoms with Crippen molar-refractivity contribution in [1.29, 1.82) is 0 Å². The Labute approximate surface area is 156 Å². The number of aryl methyl sites for hydroxylation is 1. The molecule has 3 nitrogen and oxygen atoms in total. The van der Waals surface area contributed by atoms with Crippen molar-refractivity contribution in [3.8, 4) is 5.75 Å². The number of esters is 1. The highest BCUT2D eigenvalue weighted by Gasteiger charge is 2.08. The molecular weight excluding hydrogens is 331 g/mol. The zero-order chi connectivity index (χ0) is 18.2. The van der Waals surface area contributed by atoms with E-state index in [9.17, 15) is 4.79 Å². The molecule has 0 fully saturated rings. The Morgan fingerprint density at radius 3 is 2.16 bits per heavy atom. The van der Waals surface area contributed by atoms with Gasteiger partial charge < -0.3 is 9.26 Å². The molecule has 0 saturated heterocycles. The molecule has 4 heteroatoms. The zero-order valence-corrected chi connectivity index (χ0v) is 17.0. The van der Waals surface area contributed by atoms with E-state index in [4.69, 9.17) is 9.26 Å². The Balaban J connectivity index is 2.17. The van der Waals surface area contributed by atoms with Gasteiger partial charge in [-0.1, -0.05) is 82.9 Å². The molecule has 1 aromatic rings. The number of hydrogen-bond donors (Lipinski definition) is 0. The number of benzene rings is 1. The first kappa shape index (κ1) is 22.1. The largest absolute Gasteiger partial charge is 0.426 e. The van der Waals surface area contributed by atoms with Crippen LogP contribution in [0.5, 0.6) is 5.75 Å². The van der Waals surface area contributed by atoms with Gasteiger partial charge in [0, 0.05) is 9.47 Å². The van der Waals surface area contributed by atoms with Gasteiger partial charge in [-0.25, -0.2) is 0 Å². The van der Waals surface area contributed by atoms with E-state index in [1.165, 1.54) is 57.8 Å². The molecule has 0 N–H and O–H groups in total. The molecule has 0 heterocycles. The lowest BCUT2D eigenvalue weighted by atomic mass is 10.0. The summed E-state index contributed by atoms with van der Waals surface area (Å²) < 4.78 is 10.3. The van der Waals surface area contributed by atoms with Crippen molar-refractivity contribution in [3.05, 3.63) is 29.8 Å². The number of carbonyl (C=O) groups excluding carboxylic acids is 1. The summed E-state index contributed by atoms with van der Waals surface area (Å²) in [5.41, 5.74) is 1.13. The fraction of sp³-hybridized carbons (Fsp3) is 0.667. The topological polar surface area (TPSA) is 35.5 Å². The Bertz CT molecular complexity index is 462. The third-order valence-electron chi connectivity index (χ3n) is 4.42. The number of para-hydroxylation sites is 1. The molecule has 1 rings (SSSR count). The maximum Gasteiger partial charge on any atom is 0.313 e. The van der Waals surface area contributed by atoms with Crippen LogP contribution in [0.1, 0.15) is 83.1 Å². The fourth-order valence-electron chi connectivity index (χ4n) is 2.93. The van der Waals surface area contributed by atoms with Crippen LogP contribution >= 0.6 is 9.47 Å². The molecule has 0 aliphatic heterocycles. The highest BCUT2D eigenvalue weighted by molar-refractivity contribution is 7.09. The predicted molar refractivity (Wildman–Crippen MR) is 108 cm³/mol. The normalized spacial score (nSPS) is 10.8. The first-order chi connectivity index (χ1) is 12.3. The van der Waals surface area contributed by atoms with E-state index in [0.29, 0.717) is 12.4 Å². The minimum atomic E-state index is -0.238. The van der Waals surface area contributed by atoms with Crippen molar-refractivity contribution in [2.75, 3.05) is 6.61 Å². The molecule has 0 aliphatic carbocycles. The van der Waals surface area contributed by atoms with Crippen LogP contribution in [0, 0.1) is 0 Å². The van der Waals surface area contributed by atoms with Gasteiger partial charge in [0.25, 0.3) is 0 Å². The van der Waals surface area contributed by atoms with Gasteiger partial charge in [-0.2, -0.15) is 0 Å². The van der Waals surface area contributed by atoms with E-state index in [1.54, 1.807) is 0 Å². The average Bonchev–Trinajstić information content (AvgIpc) is 2.63. The molecule has 0 aromatic heterocycles. The average molecular weight is 366 g/mol.